The van der Waals surface area contributed by atoms with Crippen molar-refractivity contribution >= 4 is 0 Å². The van der Waals surface area contributed by atoms with Crippen molar-refractivity contribution < 1.29 is 19.3 Å². The molecule has 4 heteroatoms. The van der Waals surface area contributed by atoms with Gasteiger partial charge in [-0.2, -0.15) is 0 Å². The van der Waals surface area contributed by atoms with Gasteiger partial charge in [0.2, 0.25) is 0 Å². The molecule has 1 N–H and O–H groups in total. The van der Waals surface area contributed by atoms with Crippen molar-refractivity contribution in [1.82, 2.24) is 0 Å². The molecule has 0 aliphatic heterocycles. The fraction of sp³-hybridized carbons (Fsp3) is 0.600. The third-order valence-electron chi connectivity index (χ3n) is 3.29. The standard InChI is InChI=1S/C15H24O4/c1-5-6-11-14(16)12-9-7-8-10-13(12)15(17-2,18-3)19-4/h7-10,14,16H,5-6,11H2,1-4H3/t14-/m0/s1. The van der Waals surface area contributed by atoms with Crippen LogP contribution in [0, 0.1) is 0 Å². The van der Waals surface area contributed by atoms with E-state index in [1.54, 1.807) is 0 Å². The van der Waals surface area contributed by atoms with Crippen LogP contribution in [0.1, 0.15) is 43.4 Å². The summed E-state index contributed by atoms with van der Waals surface area (Å²) in [6.07, 6.45) is 2.18. The molecule has 0 heterocycles. The molecule has 0 unspecified atom stereocenters. The molecule has 0 bridgehead atoms. The second-order valence-electron chi connectivity index (χ2n) is 4.41. The van der Waals surface area contributed by atoms with Crippen LogP contribution in [0.5, 0.6) is 0 Å². The summed E-state index contributed by atoms with van der Waals surface area (Å²) in [5, 5.41) is 10.3. The lowest BCUT2D eigenvalue weighted by Crippen LogP contribution is -2.34. The summed E-state index contributed by atoms with van der Waals surface area (Å²) < 4.78 is 16.1. The van der Waals surface area contributed by atoms with Gasteiger partial charge in [-0.3, -0.25) is 0 Å². The van der Waals surface area contributed by atoms with E-state index in [0.717, 1.165) is 18.4 Å². The first-order valence-corrected chi connectivity index (χ1v) is 6.58. The summed E-state index contributed by atoms with van der Waals surface area (Å²) >= 11 is 0. The zero-order chi connectivity index (χ0) is 14.3. The molecule has 0 aliphatic rings. The average molecular weight is 268 g/mol. The zero-order valence-electron chi connectivity index (χ0n) is 12.2. The van der Waals surface area contributed by atoms with Crippen LogP contribution < -0.4 is 0 Å². The molecule has 0 aliphatic carbocycles. The number of methoxy groups -OCH3 is 3. The van der Waals surface area contributed by atoms with E-state index < -0.39 is 12.1 Å². The molecule has 0 aromatic heterocycles. The van der Waals surface area contributed by atoms with Crippen LogP contribution in [-0.2, 0) is 20.2 Å². The van der Waals surface area contributed by atoms with E-state index in [4.69, 9.17) is 14.2 Å². The van der Waals surface area contributed by atoms with Gasteiger partial charge in [0.15, 0.2) is 0 Å². The van der Waals surface area contributed by atoms with Crippen LogP contribution in [-0.4, -0.2) is 26.4 Å². The summed E-state index contributed by atoms with van der Waals surface area (Å²) in [4.78, 5) is 0. The van der Waals surface area contributed by atoms with Gasteiger partial charge in [0, 0.05) is 26.9 Å². The number of benzene rings is 1. The number of rotatable bonds is 8. The number of hydrogen-bond donors (Lipinski definition) is 1. The predicted molar refractivity (Wildman–Crippen MR) is 73.6 cm³/mol. The molecule has 1 aromatic rings. The molecule has 4 nitrogen and oxygen atoms in total. The Kier molecular flexibility index (Phi) is 6.45. The Hall–Kier alpha value is -0.940. The van der Waals surface area contributed by atoms with Crippen molar-refractivity contribution in [3.63, 3.8) is 0 Å². The number of unbranched alkanes of at least 4 members (excludes halogenated alkanes) is 1. The Morgan fingerprint density at radius 1 is 1.11 bits per heavy atom. The number of ether oxygens (including phenoxy) is 3. The first-order valence-electron chi connectivity index (χ1n) is 6.58. The Balaban J connectivity index is 3.13. The largest absolute Gasteiger partial charge is 0.388 e. The Morgan fingerprint density at radius 2 is 1.68 bits per heavy atom. The van der Waals surface area contributed by atoms with Crippen LogP contribution >= 0.6 is 0 Å². The maximum absolute atomic E-state index is 10.3. The van der Waals surface area contributed by atoms with Crippen molar-refractivity contribution in [2.24, 2.45) is 0 Å². The van der Waals surface area contributed by atoms with E-state index in [0.29, 0.717) is 12.0 Å². The van der Waals surface area contributed by atoms with E-state index in [9.17, 15) is 5.11 Å². The number of aliphatic hydroxyl groups is 1. The third kappa shape index (κ3) is 3.54. The lowest BCUT2D eigenvalue weighted by atomic mass is 9.97. The second kappa shape index (κ2) is 7.60. The quantitative estimate of drug-likeness (QED) is 0.736. The fourth-order valence-corrected chi connectivity index (χ4v) is 2.20. The first-order chi connectivity index (χ1) is 9.15. The molecule has 1 aromatic carbocycles. The van der Waals surface area contributed by atoms with Crippen molar-refractivity contribution in [3.8, 4) is 0 Å². The van der Waals surface area contributed by atoms with Crippen molar-refractivity contribution in [2.75, 3.05) is 21.3 Å². The van der Waals surface area contributed by atoms with Gasteiger partial charge in [0.1, 0.15) is 0 Å². The fourth-order valence-electron chi connectivity index (χ4n) is 2.20. The summed E-state index contributed by atoms with van der Waals surface area (Å²) in [5.41, 5.74) is 1.48. The van der Waals surface area contributed by atoms with E-state index in [1.807, 2.05) is 24.3 Å². The monoisotopic (exact) mass is 268 g/mol. The molecule has 1 rings (SSSR count). The van der Waals surface area contributed by atoms with E-state index >= 15 is 0 Å². The lowest BCUT2D eigenvalue weighted by Gasteiger charge is -2.31. The Morgan fingerprint density at radius 3 is 2.21 bits per heavy atom. The molecule has 1 atom stereocenters. The normalized spacial score (nSPS) is 13.5. The minimum absolute atomic E-state index is 0.545. The zero-order valence-corrected chi connectivity index (χ0v) is 12.2. The summed E-state index contributed by atoms with van der Waals surface area (Å²) in [6, 6.07) is 7.49. The molecule has 0 radical (unpaired) electrons. The van der Waals surface area contributed by atoms with Crippen molar-refractivity contribution in [1.29, 1.82) is 0 Å². The van der Waals surface area contributed by atoms with Gasteiger partial charge in [-0.25, -0.2) is 0 Å². The Labute approximate surface area is 115 Å². The first kappa shape index (κ1) is 16.1. The number of aliphatic hydroxyl groups excluding tert-OH is 1. The van der Waals surface area contributed by atoms with E-state index in [2.05, 4.69) is 6.92 Å². The van der Waals surface area contributed by atoms with Gasteiger partial charge in [-0.15, -0.1) is 0 Å². The summed E-state index contributed by atoms with van der Waals surface area (Å²) in [6.45, 7) is 2.10. The molecular formula is C15H24O4. The van der Waals surface area contributed by atoms with Crippen LogP contribution in [0.15, 0.2) is 24.3 Å². The molecule has 0 fully saturated rings. The minimum atomic E-state index is -1.27. The van der Waals surface area contributed by atoms with Gasteiger partial charge in [0.05, 0.1) is 6.10 Å². The van der Waals surface area contributed by atoms with Crippen LogP contribution in [0.25, 0.3) is 0 Å². The average Bonchev–Trinajstić information content (AvgIpc) is 2.47. The molecule has 0 saturated carbocycles. The lowest BCUT2D eigenvalue weighted by molar-refractivity contribution is -0.365. The van der Waals surface area contributed by atoms with Crippen LogP contribution in [0.2, 0.25) is 0 Å². The second-order valence-corrected chi connectivity index (χ2v) is 4.41. The molecular weight excluding hydrogens is 244 g/mol. The van der Waals surface area contributed by atoms with Gasteiger partial charge < -0.3 is 19.3 Å². The van der Waals surface area contributed by atoms with Gasteiger partial charge >= 0.3 is 5.97 Å². The molecule has 19 heavy (non-hydrogen) atoms. The van der Waals surface area contributed by atoms with Gasteiger partial charge in [-0.05, 0) is 12.0 Å². The Bertz CT molecular complexity index is 366. The predicted octanol–water partition coefficient (Wildman–Crippen LogP) is 2.96. The van der Waals surface area contributed by atoms with Crippen molar-refractivity contribution in [3.05, 3.63) is 35.4 Å². The van der Waals surface area contributed by atoms with E-state index in [1.165, 1.54) is 21.3 Å². The van der Waals surface area contributed by atoms with Crippen LogP contribution in [0.4, 0.5) is 0 Å². The highest BCUT2D eigenvalue weighted by Gasteiger charge is 2.35. The summed E-state index contributed by atoms with van der Waals surface area (Å²) in [7, 11) is 4.55. The smallest absolute Gasteiger partial charge is 0.311 e. The molecule has 0 spiro atoms. The molecule has 0 amide bonds. The maximum atomic E-state index is 10.3. The highest BCUT2D eigenvalue weighted by Crippen LogP contribution is 2.34. The van der Waals surface area contributed by atoms with E-state index in [-0.39, 0.29) is 0 Å². The minimum Gasteiger partial charge on any atom is -0.388 e. The number of hydrogen-bond acceptors (Lipinski definition) is 4. The molecule has 108 valence electrons. The van der Waals surface area contributed by atoms with Gasteiger partial charge in [0.25, 0.3) is 0 Å². The highest BCUT2D eigenvalue weighted by molar-refractivity contribution is 5.31. The van der Waals surface area contributed by atoms with Crippen molar-refractivity contribution in [2.45, 2.75) is 38.3 Å². The topological polar surface area (TPSA) is 47.9 Å². The summed E-state index contributed by atoms with van der Waals surface area (Å²) in [5.74, 6) is -1.27. The van der Waals surface area contributed by atoms with Crippen LogP contribution in [0.3, 0.4) is 0 Å². The third-order valence-corrected chi connectivity index (χ3v) is 3.29. The maximum Gasteiger partial charge on any atom is 0.311 e. The SMILES string of the molecule is CCCC[C@H](O)c1ccccc1C(OC)(OC)OC. The molecule has 0 saturated heterocycles. The van der Waals surface area contributed by atoms with Gasteiger partial charge in [-0.1, -0.05) is 44.0 Å². The highest BCUT2D eigenvalue weighted by atomic mass is 16.9.